The normalized spacial score (nSPS) is 9.50. The number of carbonyl (C=O) groups excluding carboxylic acids is 1. The molecule has 0 aliphatic carbocycles. The van der Waals surface area contributed by atoms with Crippen LogP contribution in [0.1, 0.15) is 12.0 Å². The Kier molecular flexibility index (Phi) is 4.50. The van der Waals surface area contributed by atoms with Crippen LogP contribution in [0, 0.1) is 0 Å². The predicted molar refractivity (Wildman–Crippen MR) is 53.4 cm³/mol. The van der Waals surface area contributed by atoms with Gasteiger partial charge in [0.25, 0.3) is 0 Å². The van der Waals surface area contributed by atoms with E-state index in [9.17, 15) is 4.79 Å². The van der Waals surface area contributed by atoms with Crippen LogP contribution in [-0.2, 0) is 11.2 Å². The van der Waals surface area contributed by atoms with Crippen LogP contribution in [0.3, 0.4) is 0 Å². The first kappa shape index (κ1) is 10.5. The summed E-state index contributed by atoms with van der Waals surface area (Å²) in [7, 11) is 0. The van der Waals surface area contributed by atoms with Crippen LogP contribution in [0.15, 0.2) is 30.3 Å². The summed E-state index contributed by atoms with van der Waals surface area (Å²) in [5.74, 6) is 4.84. The molecular formula is C10H14N2O2. The Labute approximate surface area is 83.0 Å². The lowest BCUT2D eigenvalue weighted by Crippen LogP contribution is -2.30. The molecular weight excluding hydrogens is 180 g/mol. The molecule has 4 nitrogen and oxygen atoms in total. The van der Waals surface area contributed by atoms with Crippen molar-refractivity contribution in [2.24, 2.45) is 5.84 Å². The highest BCUT2D eigenvalue weighted by Gasteiger charge is 1.97. The molecule has 0 saturated heterocycles. The van der Waals surface area contributed by atoms with Crippen LogP contribution in [0.5, 0.6) is 0 Å². The van der Waals surface area contributed by atoms with Gasteiger partial charge in [-0.25, -0.2) is 10.6 Å². The first-order valence-corrected chi connectivity index (χ1v) is 4.50. The third-order valence-corrected chi connectivity index (χ3v) is 1.80. The fourth-order valence-corrected chi connectivity index (χ4v) is 1.13. The van der Waals surface area contributed by atoms with E-state index in [1.807, 2.05) is 35.8 Å². The molecule has 0 unspecified atom stereocenters. The van der Waals surface area contributed by atoms with Gasteiger partial charge in [-0.15, -0.1) is 0 Å². The lowest BCUT2D eigenvalue weighted by Gasteiger charge is -2.03. The molecule has 3 N–H and O–H groups in total. The summed E-state index contributed by atoms with van der Waals surface area (Å²) in [4.78, 5) is 10.6. The standard InChI is InChI=1S/C10H14N2O2/c11-12-10(13)14-8-4-7-9-5-2-1-3-6-9/h1-3,5-6H,4,7-8,11H2,(H,12,13). The highest BCUT2D eigenvalue weighted by atomic mass is 16.5. The molecule has 1 amide bonds. The van der Waals surface area contributed by atoms with Crippen LogP contribution in [0.25, 0.3) is 0 Å². The number of hydrogen-bond acceptors (Lipinski definition) is 3. The lowest BCUT2D eigenvalue weighted by atomic mass is 10.1. The average molecular weight is 194 g/mol. The van der Waals surface area contributed by atoms with Crippen LogP contribution in [-0.4, -0.2) is 12.7 Å². The van der Waals surface area contributed by atoms with Crippen molar-refractivity contribution in [3.8, 4) is 0 Å². The number of amides is 1. The zero-order valence-electron chi connectivity index (χ0n) is 7.90. The Morgan fingerprint density at radius 2 is 2.07 bits per heavy atom. The number of ether oxygens (including phenoxy) is 1. The molecule has 1 aromatic rings. The van der Waals surface area contributed by atoms with E-state index in [0.717, 1.165) is 12.8 Å². The number of rotatable bonds is 4. The topological polar surface area (TPSA) is 64.3 Å². The monoisotopic (exact) mass is 194 g/mol. The molecule has 76 valence electrons. The van der Waals surface area contributed by atoms with Gasteiger partial charge >= 0.3 is 6.09 Å². The Bertz CT molecular complexity index is 275. The van der Waals surface area contributed by atoms with Gasteiger partial charge in [0.1, 0.15) is 0 Å². The van der Waals surface area contributed by atoms with Gasteiger partial charge < -0.3 is 4.74 Å². The summed E-state index contributed by atoms with van der Waals surface area (Å²) in [6.07, 6.45) is 1.12. The summed E-state index contributed by atoms with van der Waals surface area (Å²) in [5, 5.41) is 0. The molecule has 0 atom stereocenters. The van der Waals surface area contributed by atoms with E-state index in [1.54, 1.807) is 0 Å². The summed E-state index contributed by atoms with van der Waals surface area (Å²) in [6, 6.07) is 10.0. The number of nitrogens with one attached hydrogen (secondary N) is 1. The molecule has 14 heavy (non-hydrogen) atoms. The molecule has 1 rings (SSSR count). The minimum Gasteiger partial charge on any atom is -0.449 e. The molecule has 0 radical (unpaired) electrons. The molecule has 0 heterocycles. The highest BCUT2D eigenvalue weighted by Crippen LogP contribution is 2.02. The molecule has 0 spiro atoms. The summed E-state index contributed by atoms with van der Waals surface area (Å²) < 4.78 is 4.74. The minimum atomic E-state index is -0.585. The van der Waals surface area contributed by atoms with Crippen LogP contribution in [0.2, 0.25) is 0 Å². The SMILES string of the molecule is NNC(=O)OCCCc1ccccc1. The highest BCUT2D eigenvalue weighted by molar-refractivity contribution is 5.66. The smallest absolute Gasteiger partial charge is 0.421 e. The minimum absolute atomic E-state index is 0.387. The summed E-state index contributed by atoms with van der Waals surface area (Å²) in [5.41, 5.74) is 3.14. The van der Waals surface area contributed by atoms with Gasteiger partial charge in [-0.1, -0.05) is 30.3 Å². The molecule has 0 aliphatic heterocycles. The fourth-order valence-electron chi connectivity index (χ4n) is 1.13. The van der Waals surface area contributed by atoms with Crippen LogP contribution >= 0.6 is 0 Å². The Morgan fingerprint density at radius 1 is 1.36 bits per heavy atom. The maximum Gasteiger partial charge on any atom is 0.421 e. The third kappa shape index (κ3) is 3.91. The Morgan fingerprint density at radius 3 is 2.71 bits per heavy atom. The van der Waals surface area contributed by atoms with Gasteiger partial charge in [-0.3, -0.25) is 5.43 Å². The van der Waals surface area contributed by atoms with Crippen molar-refractivity contribution < 1.29 is 9.53 Å². The molecule has 0 saturated carbocycles. The molecule has 4 heteroatoms. The van der Waals surface area contributed by atoms with Crippen molar-refractivity contribution in [3.63, 3.8) is 0 Å². The number of hydrazine groups is 1. The average Bonchev–Trinajstić information content (AvgIpc) is 2.25. The van der Waals surface area contributed by atoms with E-state index in [0.29, 0.717) is 6.61 Å². The van der Waals surface area contributed by atoms with E-state index in [-0.39, 0.29) is 0 Å². The first-order valence-electron chi connectivity index (χ1n) is 4.50. The van der Waals surface area contributed by atoms with E-state index < -0.39 is 6.09 Å². The Hall–Kier alpha value is -1.55. The van der Waals surface area contributed by atoms with Gasteiger partial charge in [0.05, 0.1) is 6.61 Å². The van der Waals surface area contributed by atoms with E-state index in [2.05, 4.69) is 0 Å². The number of aryl methyl sites for hydroxylation is 1. The lowest BCUT2D eigenvalue weighted by molar-refractivity contribution is 0.145. The fraction of sp³-hybridized carbons (Fsp3) is 0.300. The largest absolute Gasteiger partial charge is 0.449 e. The van der Waals surface area contributed by atoms with Gasteiger partial charge in [0.2, 0.25) is 0 Å². The molecule has 0 fully saturated rings. The second-order valence-corrected chi connectivity index (χ2v) is 2.87. The number of benzene rings is 1. The van der Waals surface area contributed by atoms with Crippen molar-refractivity contribution in [1.82, 2.24) is 5.43 Å². The van der Waals surface area contributed by atoms with Crippen molar-refractivity contribution in [2.75, 3.05) is 6.61 Å². The van der Waals surface area contributed by atoms with Crippen LogP contribution in [0.4, 0.5) is 4.79 Å². The van der Waals surface area contributed by atoms with Crippen molar-refractivity contribution in [1.29, 1.82) is 0 Å². The van der Waals surface area contributed by atoms with Crippen molar-refractivity contribution in [2.45, 2.75) is 12.8 Å². The third-order valence-electron chi connectivity index (χ3n) is 1.80. The molecule has 0 aromatic heterocycles. The van der Waals surface area contributed by atoms with Crippen LogP contribution < -0.4 is 11.3 Å². The van der Waals surface area contributed by atoms with E-state index in [1.165, 1.54) is 5.56 Å². The zero-order chi connectivity index (χ0) is 10.2. The zero-order valence-corrected chi connectivity index (χ0v) is 7.90. The van der Waals surface area contributed by atoms with Gasteiger partial charge in [-0.2, -0.15) is 0 Å². The van der Waals surface area contributed by atoms with Gasteiger partial charge in [0.15, 0.2) is 0 Å². The first-order chi connectivity index (χ1) is 6.83. The maximum absolute atomic E-state index is 10.6. The second kappa shape index (κ2) is 5.99. The van der Waals surface area contributed by atoms with Crippen molar-refractivity contribution in [3.05, 3.63) is 35.9 Å². The number of hydrogen-bond donors (Lipinski definition) is 2. The molecule has 0 bridgehead atoms. The quantitative estimate of drug-likeness (QED) is 0.328. The van der Waals surface area contributed by atoms with Crippen molar-refractivity contribution >= 4 is 6.09 Å². The van der Waals surface area contributed by atoms with E-state index >= 15 is 0 Å². The van der Waals surface area contributed by atoms with Gasteiger partial charge in [-0.05, 0) is 18.4 Å². The number of nitrogens with two attached hydrogens (primary N) is 1. The predicted octanol–water partition coefficient (Wildman–Crippen LogP) is 1.22. The summed E-state index contributed by atoms with van der Waals surface area (Å²) >= 11 is 0. The molecule has 0 aliphatic rings. The van der Waals surface area contributed by atoms with E-state index in [4.69, 9.17) is 10.6 Å². The second-order valence-electron chi connectivity index (χ2n) is 2.87. The Balaban J connectivity index is 2.13. The van der Waals surface area contributed by atoms with Gasteiger partial charge in [0, 0.05) is 0 Å². The number of carbonyl (C=O) groups is 1. The maximum atomic E-state index is 10.6. The summed E-state index contributed by atoms with van der Waals surface area (Å²) in [6.45, 7) is 0.387. The molecule has 1 aromatic carbocycles.